The number of amides is 2. The molecule has 2 N–H and O–H groups in total. The van der Waals surface area contributed by atoms with Crippen LogP contribution in [0.15, 0.2) is 18.2 Å². The molecule has 2 amide bonds. The zero-order valence-corrected chi connectivity index (χ0v) is 11.8. The predicted octanol–water partition coefficient (Wildman–Crippen LogP) is 2.40. The number of carbonyl (C=O) groups is 2. The maximum Gasteiger partial charge on any atom is 0.417 e. The van der Waals surface area contributed by atoms with Gasteiger partial charge in [-0.05, 0) is 18.2 Å². The van der Waals surface area contributed by atoms with Crippen molar-refractivity contribution in [3.05, 3.63) is 34.3 Å². The summed E-state index contributed by atoms with van der Waals surface area (Å²) in [6.45, 7) is -0.392. The molecular formula is C13H11ClF4N2O2. The first-order chi connectivity index (χ1) is 10.1. The van der Waals surface area contributed by atoms with Crippen molar-refractivity contribution in [2.24, 2.45) is 5.73 Å². The molecule has 0 bridgehead atoms. The fraction of sp³-hybridized carbons (Fsp3) is 0.385. The van der Waals surface area contributed by atoms with E-state index < -0.39 is 47.3 Å². The third-order valence-corrected chi connectivity index (χ3v) is 3.69. The van der Waals surface area contributed by atoms with Crippen LogP contribution in [-0.2, 0) is 11.0 Å². The summed E-state index contributed by atoms with van der Waals surface area (Å²) < 4.78 is 51.8. The fourth-order valence-electron chi connectivity index (χ4n) is 2.32. The third kappa shape index (κ3) is 3.16. The number of hydrogen-bond donors (Lipinski definition) is 1. The van der Waals surface area contributed by atoms with E-state index in [0.717, 1.165) is 17.0 Å². The van der Waals surface area contributed by atoms with Crippen LogP contribution in [0.2, 0.25) is 5.02 Å². The molecule has 120 valence electrons. The van der Waals surface area contributed by atoms with Crippen molar-refractivity contribution in [1.82, 2.24) is 4.90 Å². The number of primary amides is 1. The molecule has 1 aromatic rings. The van der Waals surface area contributed by atoms with E-state index in [9.17, 15) is 27.2 Å². The highest BCUT2D eigenvalue weighted by molar-refractivity contribution is 6.31. The molecule has 2 rings (SSSR count). The van der Waals surface area contributed by atoms with Crippen LogP contribution in [0, 0.1) is 0 Å². The Balaban J connectivity index is 2.36. The summed E-state index contributed by atoms with van der Waals surface area (Å²) in [4.78, 5) is 24.3. The number of halogens is 5. The molecule has 0 aromatic heterocycles. The van der Waals surface area contributed by atoms with Crippen LogP contribution in [0.4, 0.5) is 17.6 Å². The van der Waals surface area contributed by atoms with E-state index >= 15 is 0 Å². The summed E-state index contributed by atoms with van der Waals surface area (Å²) in [5, 5.41) is -0.555. The van der Waals surface area contributed by atoms with Gasteiger partial charge in [-0.2, -0.15) is 13.2 Å². The van der Waals surface area contributed by atoms with Crippen LogP contribution < -0.4 is 5.73 Å². The smallest absolute Gasteiger partial charge is 0.368 e. The molecule has 0 radical (unpaired) electrons. The first-order valence-electron chi connectivity index (χ1n) is 6.22. The van der Waals surface area contributed by atoms with Gasteiger partial charge in [-0.1, -0.05) is 11.6 Å². The SMILES string of the molecule is NC(=O)[C@@H]1C[C@@H](F)CN1C(=O)c1ccc(Cl)c(C(F)(F)F)c1. The number of hydrogen-bond acceptors (Lipinski definition) is 2. The molecular weight excluding hydrogens is 328 g/mol. The minimum absolute atomic E-state index is 0.263. The molecule has 0 aliphatic carbocycles. The minimum atomic E-state index is -4.73. The maximum absolute atomic E-state index is 13.4. The molecule has 4 nitrogen and oxygen atoms in total. The second kappa shape index (κ2) is 5.75. The first kappa shape index (κ1) is 16.5. The van der Waals surface area contributed by atoms with Crippen LogP contribution in [0.25, 0.3) is 0 Å². The number of alkyl halides is 4. The summed E-state index contributed by atoms with van der Waals surface area (Å²) in [5.74, 6) is -1.80. The van der Waals surface area contributed by atoms with Gasteiger partial charge in [-0.15, -0.1) is 0 Å². The van der Waals surface area contributed by atoms with Gasteiger partial charge < -0.3 is 10.6 Å². The minimum Gasteiger partial charge on any atom is -0.368 e. The summed E-state index contributed by atoms with van der Waals surface area (Å²) in [6, 6.07) is 1.42. The summed E-state index contributed by atoms with van der Waals surface area (Å²) in [5.41, 5.74) is 3.58. The van der Waals surface area contributed by atoms with Gasteiger partial charge >= 0.3 is 6.18 Å². The lowest BCUT2D eigenvalue weighted by Crippen LogP contribution is -2.43. The van der Waals surface area contributed by atoms with Gasteiger partial charge in [0.1, 0.15) is 12.2 Å². The van der Waals surface area contributed by atoms with Gasteiger partial charge in [0.05, 0.1) is 17.1 Å². The molecule has 1 heterocycles. The van der Waals surface area contributed by atoms with E-state index in [1.54, 1.807) is 0 Å². The molecule has 0 saturated carbocycles. The Bertz CT molecular complexity index is 621. The van der Waals surface area contributed by atoms with E-state index in [1.807, 2.05) is 0 Å². The van der Waals surface area contributed by atoms with E-state index in [-0.39, 0.29) is 12.0 Å². The van der Waals surface area contributed by atoms with Gasteiger partial charge in [0.15, 0.2) is 0 Å². The number of rotatable bonds is 2. The Labute approximate surface area is 127 Å². The van der Waals surface area contributed by atoms with Crippen LogP contribution >= 0.6 is 11.6 Å². The predicted molar refractivity (Wildman–Crippen MR) is 70.0 cm³/mol. The molecule has 1 fully saturated rings. The largest absolute Gasteiger partial charge is 0.417 e. The quantitative estimate of drug-likeness (QED) is 0.842. The Hall–Kier alpha value is -1.83. The average molecular weight is 339 g/mol. The van der Waals surface area contributed by atoms with Gasteiger partial charge in [0, 0.05) is 12.0 Å². The van der Waals surface area contributed by atoms with Crippen molar-refractivity contribution in [2.45, 2.75) is 24.8 Å². The highest BCUT2D eigenvalue weighted by Crippen LogP contribution is 2.35. The molecule has 9 heteroatoms. The number of carbonyl (C=O) groups excluding carboxylic acids is 2. The van der Waals surface area contributed by atoms with E-state index in [2.05, 4.69) is 0 Å². The zero-order chi connectivity index (χ0) is 16.7. The molecule has 1 saturated heterocycles. The van der Waals surface area contributed by atoms with Gasteiger partial charge in [-0.3, -0.25) is 9.59 Å². The van der Waals surface area contributed by atoms with Crippen LogP contribution in [0.3, 0.4) is 0 Å². The van der Waals surface area contributed by atoms with Gasteiger partial charge in [-0.25, -0.2) is 4.39 Å². The summed E-state index contributed by atoms with van der Waals surface area (Å²) >= 11 is 5.47. The molecule has 2 atom stereocenters. The molecule has 0 spiro atoms. The van der Waals surface area contributed by atoms with Gasteiger partial charge in [0.2, 0.25) is 5.91 Å². The van der Waals surface area contributed by atoms with Crippen molar-refractivity contribution in [3.63, 3.8) is 0 Å². The first-order valence-corrected chi connectivity index (χ1v) is 6.60. The summed E-state index contributed by atoms with van der Waals surface area (Å²) in [6.07, 6.45) is -6.44. The van der Waals surface area contributed by atoms with Crippen molar-refractivity contribution >= 4 is 23.4 Å². The lowest BCUT2D eigenvalue weighted by atomic mass is 10.1. The molecule has 1 aliphatic rings. The summed E-state index contributed by atoms with van der Waals surface area (Å²) in [7, 11) is 0. The van der Waals surface area contributed by atoms with Crippen LogP contribution in [0.1, 0.15) is 22.3 Å². The lowest BCUT2D eigenvalue weighted by molar-refractivity contribution is -0.137. The van der Waals surface area contributed by atoms with E-state index in [4.69, 9.17) is 17.3 Å². The van der Waals surface area contributed by atoms with Gasteiger partial charge in [0.25, 0.3) is 5.91 Å². The molecule has 22 heavy (non-hydrogen) atoms. The number of likely N-dealkylation sites (tertiary alicyclic amines) is 1. The standard InChI is InChI=1S/C13H11ClF4N2O2/c14-9-2-1-6(3-8(9)13(16,17)18)12(22)20-5-7(15)4-10(20)11(19)21/h1-3,7,10H,4-5H2,(H2,19,21)/t7-,10+/m1/s1. The highest BCUT2D eigenvalue weighted by Gasteiger charge is 2.40. The molecule has 1 aliphatic heterocycles. The Morgan fingerprint density at radius 2 is 1.95 bits per heavy atom. The number of benzene rings is 1. The Morgan fingerprint density at radius 3 is 2.50 bits per heavy atom. The normalized spacial score (nSPS) is 22.0. The van der Waals surface area contributed by atoms with Crippen molar-refractivity contribution in [1.29, 1.82) is 0 Å². The third-order valence-electron chi connectivity index (χ3n) is 3.36. The van der Waals surface area contributed by atoms with Crippen molar-refractivity contribution in [3.8, 4) is 0 Å². The van der Waals surface area contributed by atoms with E-state index in [0.29, 0.717) is 6.07 Å². The van der Waals surface area contributed by atoms with Crippen molar-refractivity contribution < 1.29 is 27.2 Å². The monoisotopic (exact) mass is 338 g/mol. The van der Waals surface area contributed by atoms with Crippen LogP contribution in [0.5, 0.6) is 0 Å². The lowest BCUT2D eigenvalue weighted by Gasteiger charge is -2.22. The second-order valence-corrected chi connectivity index (χ2v) is 5.31. The van der Waals surface area contributed by atoms with E-state index in [1.165, 1.54) is 0 Å². The second-order valence-electron chi connectivity index (χ2n) is 4.90. The Kier molecular flexibility index (Phi) is 4.32. The fourth-order valence-corrected chi connectivity index (χ4v) is 2.54. The maximum atomic E-state index is 13.4. The average Bonchev–Trinajstić information content (AvgIpc) is 2.79. The number of nitrogens with zero attached hydrogens (tertiary/aromatic N) is 1. The molecule has 0 unspecified atom stereocenters. The van der Waals surface area contributed by atoms with Crippen LogP contribution in [-0.4, -0.2) is 35.5 Å². The van der Waals surface area contributed by atoms with Crippen molar-refractivity contribution in [2.75, 3.05) is 6.54 Å². The molecule has 1 aromatic carbocycles. The Morgan fingerprint density at radius 1 is 1.32 bits per heavy atom. The highest BCUT2D eigenvalue weighted by atomic mass is 35.5. The topological polar surface area (TPSA) is 63.4 Å². The zero-order valence-electron chi connectivity index (χ0n) is 11.0. The number of nitrogens with two attached hydrogens (primary N) is 1.